The van der Waals surface area contributed by atoms with Gasteiger partial charge in [0.05, 0.1) is 0 Å². The summed E-state index contributed by atoms with van der Waals surface area (Å²) in [6.07, 6.45) is 2.70. The number of aryl methyl sites for hydroxylation is 1. The van der Waals surface area contributed by atoms with Crippen molar-refractivity contribution in [1.82, 2.24) is 9.78 Å². The van der Waals surface area contributed by atoms with E-state index in [4.69, 9.17) is 0 Å². The number of hydrogen-bond donors (Lipinski definition) is 2. The average molecular weight is 258 g/mol. The van der Waals surface area contributed by atoms with Gasteiger partial charge in [-0.15, -0.1) is 0 Å². The Bertz CT molecular complexity index is 562. The van der Waals surface area contributed by atoms with E-state index in [2.05, 4.69) is 15.7 Å². The summed E-state index contributed by atoms with van der Waals surface area (Å²) >= 11 is 0. The van der Waals surface area contributed by atoms with Gasteiger partial charge in [0.1, 0.15) is 0 Å². The lowest BCUT2D eigenvalue weighted by atomic mass is 10.2. The highest BCUT2D eigenvalue weighted by atomic mass is 16.1. The van der Waals surface area contributed by atoms with Crippen molar-refractivity contribution in [3.63, 3.8) is 0 Å². The van der Waals surface area contributed by atoms with Gasteiger partial charge in [0.25, 0.3) is 0 Å². The van der Waals surface area contributed by atoms with Gasteiger partial charge in [-0.1, -0.05) is 6.07 Å². The molecule has 0 spiro atoms. The summed E-state index contributed by atoms with van der Waals surface area (Å²) in [5.41, 5.74) is 2.98. The smallest absolute Gasteiger partial charge is 0.221 e. The summed E-state index contributed by atoms with van der Waals surface area (Å²) in [5.74, 6) is -0.0629. The Balaban J connectivity index is 1.89. The Morgan fingerprint density at radius 1 is 1.32 bits per heavy atom. The number of aromatic nitrogens is 2. The van der Waals surface area contributed by atoms with E-state index in [1.54, 1.807) is 6.20 Å². The molecule has 1 aromatic carbocycles. The van der Waals surface area contributed by atoms with Crippen molar-refractivity contribution in [2.24, 2.45) is 7.05 Å². The molecule has 0 fully saturated rings. The highest BCUT2D eigenvalue weighted by Crippen LogP contribution is 2.15. The minimum absolute atomic E-state index is 0.0629. The zero-order valence-corrected chi connectivity index (χ0v) is 11.2. The van der Waals surface area contributed by atoms with Crippen LogP contribution in [0.25, 0.3) is 0 Å². The van der Waals surface area contributed by atoms with Gasteiger partial charge in [0.15, 0.2) is 0 Å². The van der Waals surface area contributed by atoms with Gasteiger partial charge in [0.2, 0.25) is 5.91 Å². The number of rotatable bonds is 5. The molecule has 0 bridgehead atoms. The molecular formula is C14H18N4O. The van der Waals surface area contributed by atoms with Crippen LogP contribution < -0.4 is 10.6 Å². The largest absolute Gasteiger partial charge is 0.385 e. The fourth-order valence-electron chi connectivity index (χ4n) is 1.89. The van der Waals surface area contributed by atoms with Crippen molar-refractivity contribution in [3.05, 3.63) is 42.2 Å². The van der Waals surface area contributed by atoms with Crippen molar-refractivity contribution in [3.8, 4) is 0 Å². The van der Waals surface area contributed by atoms with E-state index in [1.807, 2.05) is 42.1 Å². The van der Waals surface area contributed by atoms with E-state index >= 15 is 0 Å². The first kappa shape index (κ1) is 13.1. The molecule has 19 heavy (non-hydrogen) atoms. The minimum atomic E-state index is -0.0629. The number of benzene rings is 1. The molecule has 0 atom stereocenters. The summed E-state index contributed by atoms with van der Waals surface area (Å²) in [7, 11) is 1.94. The predicted octanol–water partition coefficient (Wildman–Crippen LogP) is 2.03. The lowest BCUT2D eigenvalue weighted by Crippen LogP contribution is -2.09. The third-order valence-corrected chi connectivity index (χ3v) is 2.82. The van der Waals surface area contributed by atoms with Crippen molar-refractivity contribution in [2.75, 3.05) is 17.2 Å². The molecule has 2 aromatic rings. The molecular weight excluding hydrogens is 240 g/mol. The number of carbonyl (C=O) groups excluding carboxylic acids is 1. The first-order valence-corrected chi connectivity index (χ1v) is 6.23. The second kappa shape index (κ2) is 6.04. The Hall–Kier alpha value is -2.30. The molecule has 1 heterocycles. The van der Waals surface area contributed by atoms with Crippen molar-refractivity contribution in [2.45, 2.75) is 13.3 Å². The molecule has 0 aliphatic carbocycles. The highest BCUT2D eigenvalue weighted by molar-refractivity contribution is 5.89. The number of nitrogens with one attached hydrogen (secondary N) is 2. The van der Waals surface area contributed by atoms with E-state index in [0.717, 1.165) is 24.3 Å². The number of anilines is 2. The van der Waals surface area contributed by atoms with E-state index in [0.29, 0.717) is 0 Å². The van der Waals surface area contributed by atoms with Crippen LogP contribution in [0, 0.1) is 0 Å². The van der Waals surface area contributed by atoms with Crippen molar-refractivity contribution < 1.29 is 4.79 Å². The quantitative estimate of drug-likeness (QED) is 0.862. The molecule has 0 unspecified atom stereocenters. The Morgan fingerprint density at radius 2 is 2.11 bits per heavy atom. The van der Waals surface area contributed by atoms with Gasteiger partial charge in [-0.05, 0) is 24.3 Å². The van der Waals surface area contributed by atoms with Gasteiger partial charge < -0.3 is 10.6 Å². The Morgan fingerprint density at radius 3 is 2.79 bits per heavy atom. The van der Waals surface area contributed by atoms with Crippen LogP contribution in [0.15, 0.2) is 36.5 Å². The van der Waals surface area contributed by atoms with Gasteiger partial charge in [-0.25, -0.2) is 0 Å². The van der Waals surface area contributed by atoms with Crippen molar-refractivity contribution in [1.29, 1.82) is 0 Å². The Labute approximate surface area is 112 Å². The number of amides is 1. The lowest BCUT2D eigenvalue weighted by molar-refractivity contribution is -0.114. The van der Waals surface area contributed by atoms with E-state index in [9.17, 15) is 4.79 Å². The van der Waals surface area contributed by atoms with Crippen LogP contribution >= 0.6 is 0 Å². The highest BCUT2D eigenvalue weighted by Gasteiger charge is 2.00. The average Bonchev–Trinajstić information content (AvgIpc) is 2.75. The summed E-state index contributed by atoms with van der Waals surface area (Å²) in [6, 6.07) is 9.69. The second-order valence-corrected chi connectivity index (χ2v) is 4.38. The maximum Gasteiger partial charge on any atom is 0.221 e. The van der Waals surface area contributed by atoms with Crippen LogP contribution in [-0.2, 0) is 18.3 Å². The van der Waals surface area contributed by atoms with Crippen LogP contribution in [0.4, 0.5) is 11.4 Å². The summed E-state index contributed by atoms with van der Waals surface area (Å²) in [4.78, 5) is 11.0. The third kappa shape index (κ3) is 3.84. The zero-order valence-electron chi connectivity index (χ0n) is 11.2. The molecule has 0 radical (unpaired) electrons. The number of carbonyl (C=O) groups is 1. The Kier molecular flexibility index (Phi) is 4.18. The maximum absolute atomic E-state index is 11.0. The van der Waals surface area contributed by atoms with Crippen LogP contribution in [0.3, 0.4) is 0 Å². The third-order valence-electron chi connectivity index (χ3n) is 2.82. The molecule has 0 saturated carbocycles. The first-order valence-electron chi connectivity index (χ1n) is 6.23. The molecule has 0 aliphatic rings. The molecule has 2 rings (SSSR count). The molecule has 100 valence electrons. The van der Waals surface area contributed by atoms with Crippen LogP contribution in [-0.4, -0.2) is 22.2 Å². The predicted molar refractivity (Wildman–Crippen MR) is 76.1 cm³/mol. The van der Waals surface area contributed by atoms with Crippen LogP contribution in [0.2, 0.25) is 0 Å². The van der Waals surface area contributed by atoms with Gasteiger partial charge in [0, 0.05) is 50.2 Å². The topological polar surface area (TPSA) is 59.0 Å². The SMILES string of the molecule is CC(=O)Nc1cccc(NCCc2ccnn2C)c1. The summed E-state index contributed by atoms with van der Waals surface area (Å²) in [5, 5.41) is 10.2. The van der Waals surface area contributed by atoms with E-state index in [1.165, 1.54) is 12.6 Å². The zero-order chi connectivity index (χ0) is 13.7. The summed E-state index contributed by atoms with van der Waals surface area (Å²) in [6.45, 7) is 2.32. The fourth-order valence-corrected chi connectivity index (χ4v) is 1.89. The summed E-state index contributed by atoms with van der Waals surface area (Å²) < 4.78 is 1.87. The van der Waals surface area contributed by atoms with Crippen LogP contribution in [0.1, 0.15) is 12.6 Å². The van der Waals surface area contributed by atoms with Crippen molar-refractivity contribution >= 4 is 17.3 Å². The second-order valence-electron chi connectivity index (χ2n) is 4.38. The molecule has 0 aliphatic heterocycles. The van der Waals surface area contributed by atoms with Gasteiger partial charge >= 0.3 is 0 Å². The molecule has 5 nitrogen and oxygen atoms in total. The standard InChI is InChI=1S/C14H18N4O/c1-11(19)17-13-5-3-4-12(10-13)15-8-6-14-7-9-16-18(14)2/h3-5,7,9-10,15H,6,8H2,1-2H3,(H,17,19). The maximum atomic E-state index is 11.0. The number of hydrogen-bond acceptors (Lipinski definition) is 3. The molecule has 0 saturated heterocycles. The molecule has 1 aromatic heterocycles. The molecule has 2 N–H and O–H groups in total. The fraction of sp³-hybridized carbons (Fsp3) is 0.286. The normalized spacial score (nSPS) is 10.2. The minimum Gasteiger partial charge on any atom is -0.385 e. The van der Waals surface area contributed by atoms with Gasteiger partial charge in [-0.2, -0.15) is 5.10 Å². The monoisotopic (exact) mass is 258 g/mol. The van der Waals surface area contributed by atoms with Gasteiger partial charge in [-0.3, -0.25) is 9.48 Å². The van der Waals surface area contributed by atoms with E-state index in [-0.39, 0.29) is 5.91 Å². The lowest BCUT2D eigenvalue weighted by Gasteiger charge is -2.09. The number of nitrogens with zero attached hydrogens (tertiary/aromatic N) is 2. The molecule has 1 amide bonds. The van der Waals surface area contributed by atoms with Crippen LogP contribution in [0.5, 0.6) is 0 Å². The van der Waals surface area contributed by atoms with E-state index < -0.39 is 0 Å². The first-order chi connectivity index (χ1) is 9.15. The molecule has 5 heteroatoms.